The van der Waals surface area contributed by atoms with Crippen molar-refractivity contribution in [1.29, 1.82) is 0 Å². The van der Waals surface area contributed by atoms with E-state index in [2.05, 4.69) is 10.6 Å². The van der Waals surface area contributed by atoms with Crippen molar-refractivity contribution in [2.24, 2.45) is 0 Å². The first-order chi connectivity index (χ1) is 11.9. The van der Waals surface area contributed by atoms with E-state index in [0.717, 1.165) is 5.56 Å². The zero-order valence-corrected chi connectivity index (χ0v) is 15.2. The highest BCUT2D eigenvalue weighted by Crippen LogP contribution is 2.25. The van der Waals surface area contributed by atoms with Crippen LogP contribution in [0, 0.1) is 0 Å². The summed E-state index contributed by atoms with van der Waals surface area (Å²) in [6.45, 7) is 1.99. The second-order valence-electron chi connectivity index (χ2n) is 5.92. The lowest BCUT2D eigenvalue weighted by Crippen LogP contribution is -2.46. The van der Waals surface area contributed by atoms with Gasteiger partial charge in [-0.3, -0.25) is 9.59 Å². The predicted molar refractivity (Wildman–Crippen MR) is 96.5 cm³/mol. The Balaban J connectivity index is 1.94. The van der Waals surface area contributed by atoms with Gasteiger partial charge in [-0.2, -0.15) is 0 Å². The molecule has 7 heteroatoms. The number of nitrogens with one attached hydrogen (secondary N) is 2. The fourth-order valence-corrected chi connectivity index (χ4v) is 2.67. The zero-order chi connectivity index (χ0) is 18.4. The number of rotatable bonds is 7. The molecule has 0 saturated heterocycles. The van der Waals surface area contributed by atoms with Crippen LogP contribution in [0.3, 0.4) is 0 Å². The van der Waals surface area contributed by atoms with E-state index in [0.29, 0.717) is 11.6 Å². The number of halogens is 1. The minimum atomic E-state index is -0.688. The summed E-state index contributed by atoms with van der Waals surface area (Å²) in [6, 6.07) is 9.92. The third-order valence-electron chi connectivity index (χ3n) is 3.84. The van der Waals surface area contributed by atoms with Crippen LogP contribution in [-0.4, -0.2) is 43.4 Å². The summed E-state index contributed by atoms with van der Waals surface area (Å²) in [6.07, 6.45) is 1.41. The Bertz CT molecular complexity index is 716. The van der Waals surface area contributed by atoms with E-state index in [1.54, 1.807) is 19.1 Å². The fraction of sp³-hybridized carbons (Fsp3) is 0.333. The SMILES string of the molecule is CC(NC(=O)c1ccco1)C(=O)NCC(c1ccccc1Cl)N(C)C. The number of hydrogen-bond acceptors (Lipinski definition) is 4. The van der Waals surface area contributed by atoms with Gasteiger partial charge in [0.2, 0.25) is 5.91 Å². The summed E-state index contributed by atoms with van der Waals surface area (Å²) < 4.78 is 5.01. The van der Waals surface area contributed by atoms with E-state index in [1.165, 1.54) is 6.26 Å². The molecule has 0 aliphatic heterocycles. The maximum atomic E-state index is 12.3. The average molecular weight is 364 g/mol. The molecule has 0 aliphatic carbocycles. The number of nitrogens with zero attached hydrogens (tertiary/aromatic N) is 1. The van der Waals surface area contributed by atoms with E-state index < -0.39 is 11.9 Å². The molecule has 2 aromatic rings. The minimum Gasteiger partial charge on any atom is -0.459 e. The topological polar surface area (TPSA) is 74.6 Å². The standard InChI is InChI=1S/C18H22ClN3O3/c1-12(21-18(24)16-9-6-10-25-16)17(23)20-11-15(22(2)3)13-7-4-5-8-14(13)19/h4-10,12,15H,11H2,1-3H3,(H,20,23)(H,21,24). The molecule has 0 radical (unpaired) electrons. The Hall–Kier alpha value is -2.31. The van der Waals surface area contributed by atoms with Crippen LogP contribution in [0.5, 0.6) is 0 Å². The van der Waals surface area contributed by atoms with Crippen LogP contribution in [0.2, 0.25) is 5.02 Å². The lowest BCUT2D eigenvalue weighted by atomic mass is 10.1. The Labute approximate surface area is 152 Å². The maximum Gasteiger partial charge on any atom is 0.287 e. The Morgan fingerprint density at radius 3 is 2.52 bits per heavy atom. The van der Waals surface area contributed by atoms with Crippen molar-refractivity contribution < 1.29 is 14.0 Å². The molecule has 134 valence electrons. The zero-order valence-electron chi connectivity index (χ0n) is 14.5. The van der Waals surface area contributed by atoms with E-state index in [1.807, 2.05) is 43.3 Å². The lowest BCUT2D eigenvalue weighted by Gasteiger charge is -2.26. The summed E-state index contributed by atoms with van der Waals surface area (Å²) in [5.74, 6) is -0.538. The molecule has 0 aliphatic rings. The van der Waals surface area contributed by atoms with Crippen molar-refractivity contribution in [1.82, 2.24) is 15.5 Å². The Kier molecular flexibility index (Phi) is 6.61. The van der Waals surface area contributed by atoms with E-state index in [9.17, 15) is 9.59 Å². The predicted octanol–water partition coefficient (Wildman–Crippen LogP) is 2.47. The minimum absolute atomic E-state index is 0.0781. The summed E-state index contributed by atoms with van der Waals surface area (Å²) in [4.78, 5) is 26.2. The van der Waals surface area contributed by atoms with E-state index >= 15 is 0 Å². The molecule has 25 heavy (non-hydrogen) atoms. The van der Waals surface area contributed by atoms with Crippen molar-refractivity contribution in [3.05, 3.63) is 59.0 Å². The number of amides is 2. The van der Waals surface area contributed by atoms with Crippen LogP contribution in [0.4, 0.5) is 0 Å². The summed E-state index contributed by atoms with van der Waals surface area (Å²) >= 11 is 6.26. The second kappa shape index (κ2) is 8.69. The summed E-state index contributed by atoms with van der Waals surface area (Å²) in [5.41, 5.74) is 0.932. The molecule has 0 saturated carbocycles. The smallest absolute Gasteiger partial charge is 0.287 e. The molecular weight excluding hydrogens is 342 g/mol. The van der Waals surface area contributed by atoms with Crippen LogP contribution in [0.15, 0.2) is 47.1 Å². The third kappa shape index (κ3) is 5.08. The van der Waals surface area contributed by atoms with Gasteiger partial charge in [-0.25, -0.2) is 0 Å². The monoisotopic (exact) mass is 363 g/mol. The molecule has 0 spiro atoms. The van der Waals surface area contributed by atoms with Gasteiger partial charge in [0.1, 0.15) is 6.04 Å². The number of carbonyl (C=O) groups excluding carboxylic acids is 2. The number of carbonyl (C=O) groups is 2. The highest BCUT2D eigenvalue weighted by Gasteiger charge is 2.21. The number of hydrogen-bond donors (Lipinski definition) is 2. The molecule has 1 aromatic carbocycles. The highest BCUT2D eigenvalue weighted by atomic mass is 35.5. The van der Waals surface area contributed by atoms with E-state index in [4.69, 9.17) is 16.0 Å². The molecule has 2 amide bonds. The first-order valence-electron chi connectivity index (χ1n) is 7.93. The Morgan fingerprint density at radius 2 is 1.92 bits per heavy atom. The quantitative estimate of drug-likeness (QED) is 0.792. The van der Waals surface area contributed by atoms with Gasteiger partial charge >= 0.3 is 0 Å². The molecular formula is C18H22ClN3O3. The maximum absolute atomic E-state index is 12.3. The van der Waals surface area contributed by atoms with Crippen LogP contribution in [0.1, 0.15) is 29.1 Å². The van der Waals surface area contributed by atoms with Gasteiger partial charge in [0, 0.05) is 11.6 Å². The van der Waals surface area contributed by atoms with Gasteiger partial charge < -0.3 is 20.0 Å². The van der Waals surface area contributed by atoms with Crippen molar-refractivity contribution in [2.45, 2.75) is 19.0 Å². The van der Waals surface area contributed by atoms with Gasteiger partial charge in [-0.15, -0.1) is 0 Å². The fourth-order valence-electron chi connectivity index (χ4n) is 2.41. The molecule has 2 atom stereocenters. The van der Waals surface area contributed by atoms with E-state index in [-0.39, 0.29) is 17.7 Å². The van der Waals surface area contributed by atoms with Gasteiger partial charge in [-0.1, -0.05) is 29.8 Å². The van der Waals surface area contributed by atoms with Crippen molar-refractivity contribution in [3.8, 4) is 0 Å². The van der Waals surface area contributed by atoms with Crippen LogP contribution >= 0.6 is 11.6 Å². The molecule has 0 bridgehead atoms. The Morgan fingerprint density at radius 1 is 1.20 bits per heavy atom. The van der Waals surface area contributed by atoms with Crippen molar-refractivity contribution in [3.63, 3.8) is 0 Å². The summed E-state index contributed by atoms with van der Waals surface area (Å²) in [7, 11) is 3.84. The first kappa shape index (κ1) is 19.0. The van der Waals surface area contributed by atoms with Crippen LogP contribution < -0.4 is 10.6 Å². The molecule has 2 unspecified atom stereocenters. The lowest BCUT2D eigenvalue weighted by molar-refractivity contribution is -0.122. The highest BCUT2D eigenvalue weighted by molar-refractivity contribution is 6.31. The molecule has 2 rings (SSSR count). The molecule has 1 heterocycles. The molecule has 1 aromatic heterocycles. The van der Waals surface area contributed by atoms with Crippen molar-refractivity contribution in [2.75, 3.05) is 20.6 Å². The third-order valence-corrected chi connectivity index (χ3v) is 4.19. The normalized spacial score (nSPS) is 13.3. The van der Waals surface area contributed by atoms with Gasteiger partial charge in [0.25, 0.3) is 5.91 Å². The van der Waals surface area contributed by atoms with Crippen LogP contribution in [0.25, 0.3) is 0 Å². The average Bonchev–Trinajstić information content (AvgIpc) is 3.10. The number of likely N-dealkylation sites (N-methyl/N-ethyl adjacent to an activating group) is 1. The van der Waals surface area contributed by atoms with Gasteiger partial charge in [0.05, 0.1) is 12.3 Å². The van der Waals surface area contributed by atoms with Crippen LogP contribution in [-0.2, 0) is 4.79 Å². The number of benzene rings is 1. The second-order valence-corrected chi connectivity index (χ2v) is 6.33. The first-order valence-corrected chi connectivity index (χ1v) is 8.31. The number of furan rings is 1. The van der Waals surface area contributed by atoms with Gasteiger partial charge in [0.15, 0.2) is 5.76 Å². The molecule has 2 N–H and O–H groups in total. The molecule has 0 fully saturated rings. The largest absolute Gasteiger partial charge is 0.459 e. The molecule has 6 nitrogen and oxygen atoms in total. The summed E-state index contributed by atoms with van der Waals surface area (Å²) in [5, 5.41) is 6.11. The van der Waals surface area contributed by atoms with Crippen molar-refractivity contribution >= 4 is 23.4 Å². The van der Waals surface area contributed by atoms with Gasteiger partial charge in [-0.05, 0) is 44.8 Å².